The zero-order valence-electron chi connectivity index (χ0n) is 22.6. The van der Waals surface area contributed by atoms with Gasteiger partial charge in [0.25, 0.3) is 0 Å². The van der Waals surface area contributed by atoms with Gasteiger partial charge in [0.1, 0.15) is 5.52 Å². The molecule has 198 valence electrons. The molecule has 1 fully saturated rings. The molecule has 0 bridgehead atoms. The molecule has 0 saturated carbocycles. The molecular formula is C28H39N7O2. The Morgan fingerprint density at radius 2 is 1.81 bits per heavy atom. The number of imidazole rings is 1. The van der Waals surface area contributed by atoms with E-state index in [9.17, 15) is 9.59 Å². The third-order valence-electron chi connectivity index (χ3n) is 7.04. The van der Waals surface area contributed by atoms with E-state index in [1.807, 2.05) is 11.8 Å². The van der Waals surface area contributed by atoms with Crippen LogP contribution in [0, 0.1) is 5.41 Å². The van der Waals surface area contributed by atoms with Crippen LogP contribution in [0.5, 0.6) is 0 Å². The highest BCUT2D eigenvalue weighted by atomic mass is 16.2. The molecule has 3 aromatic rings. The van der Waals surface area contributed by atoms with Crippen LogP contribution in [-0.2, 0) is 11.3 Å². The van der Waals surface area contributed by atoms with Crippen molar-refractivity contribution in [3.05, 3.63) is 64.7 Å². The molecule has 1 saturated heterocycles. The number of H-pyrrole nitrogens is 1. The van der Waals surface area contributed by atoms with Crippen LogP contribution in [0.1, 0.15) is 64.3 Å². The van der Waals surface area contributed by atoms with Gasteiger partial charge in [-0.15, -0.1) is 0 Å². The Morgan fingerprint density at radius 3 is 2.41 bits per heavy atom. The van der Waals surface area contributed by atoms with Gasteiger partial charge in [-0.1, -0.05) is 51.6 Å². The minimum atomic E-state index is -0.175. The average molecular weight is 506 g/mol. The van der Waals surface area contributed by atoms with Gasteiger partial charge in [0, 0.05) is 38.8 Å². The van der Waals surface area contributed by atoms with E-state index in [1.54, 1.807) is 10.8 Å². The highest BCUT2D eigenvalue weighted by Crippen LogP contribution is 2.35. The Hall–Kier alpha value is -3.46. The van der Waals surface area contributed by atoms with Gasteiger partial charge in [0.2, 0.25) is 11.9 Å². The Balaban J connectivity index is 1.49. The van der Waals surface area contributed by atoms with Crippen molar-refractivity contribution in [3.8, 4) is 0 Å². The van der Waals surface area contributed by atoms with E-state index in [4.69, 9.17) is 0 Å². The minimum Gasteiger partial charge on any atom is -0.348 e. The first-order valence-corrected chi connectivity index (χ1v) is 13.1. The monoisotopic (exact) mass is 505 g/mol. The zero-order valence-corrected chi connectivity index (χ0v) is 22.6. The van der Waals surface area contributed by atoms with Crippen LogP contribution in [0.4, 0.5) is 5.95 Å². The van der Waals surface area contributed by atoms with Gasteiger partial charge in [-0.05, 0) is 42.9 Å². The third kappa shape index (κ3) is 6.10. The molecule has 0 aliphatic carbocycles. The smallest absolute Gasteiger partial charge is 0.327 e. The lowest BCUT2D eigenvalue weighted by Crippen LogP contribution is -2.49. The number of hydrogen-bond acceptors (Lipinski definition) is 6. The first-order valence-electron chi connectivity index (χ1n) is 13.1. The van der Waals surface area contributed by atoms with Crippen molar-refractivity contribution in [2.24, 2.45) is 5.41 Å². The number of aromatic nitrogens is 4. The molecule has 2 aromatic heterocycles. The number of amides is 1. The van der Waals surface area contributed by atoms with Crippen molar-refractivity contribution in [2.75, 3.05) is 31.5 Å². The molecular weight excluding hydrogens is 466 g/mol. The first-order chi connectivity index (χ1) is 17.6. The fourth-order valence-corrected chi connectivity index (χ4v) is 5.01. The topological polar surface area (TPSA) is 99.2 Å². The molecule has 2 atom stereocenters. The second-order valence-corrected chi connectivity index (χ2v) is 11.0. The predicted molar refractivity (Wildman–Crippen MR) is 147 cm³/mol. The molecule has 1 unspecified atom stereocenters. The Bertz CT molecular complexity index is 1290. The molecule has 3 heterocycles. The first kappa shape index (κ1) is 26.6. The van der Waals surface area contributed by atoms with Gasteiger partial charge in [-0.2, -0.15) is 4.98 Å². The largest absolute Gasteiger partial charge is 0.348 e. The quantitative estimate of drug-likeness (QED) is 0.447. The molecule has 1 amide bonds. The van der Waals surface area contributed by atoms with Gasteiger partial charge in [-0.25, -0.2) is 9.78 Å². The molecule has 9 nitrogen and oxygen atoms in total. The number of rotatable bonds is 8. The van der Waals surface area contributed by atoms with Crippen LogP contribution in [0.2, 0.25) is 0 Å². The van der Waals surface area contributed by atoms with Crippen molar-refractivity contribution in [1.29, 1.82) is 0 Å². The second-order valence-electron chi connectivity index (χ2n) is 11.0. The number of aryl methyl sites for hydroxylation is 1. The van der Waals surface area contributed by atoms with Gasteiger partial charge in [0.15, 0.2) is 5.65 Å². The number of benzene rings is 1. The summed E-state index contributed by atoms with van der Waals surface area (Å²) in [6, 6.07) is 9.03. The fourth-order valence-electron chi connectivity index (χ4n) is 5.01. The van der Waals surface area contributed by atoms with Crippen LogP contribution >= 0.6 is 0 Å². The summed E-state index contributed by atoms with van der Waals surface area (Å²) in [7, 11) is 0. The lowest BCUT2D eigenvalue weighted by Gasteiger charge is -2.41. The summed E-state index contributed by atoms with van der Waals surface area (Å²) in [5.74, 6) is 0.498. The molecule has 1 aliphatic rings. The molecule has 4 rings (SSSR count). The van der Waals surface area contributed by atoms with Crippen molar-refractivity contribution in [3.63, 3.8) is 0 Å². The molecule has 1 aromatic carbocycles. The van der Waals surface area contributed by atoms with Gasteiger partial charge in [0.05, 0.1) is 12.2 Å². The van der Waals surface area contributed by atoms with Crippen molar-refractivity contribution in [1.82, 2.24) is 29.3 Å². The number of carbonyl (C=O) groups is 1. The van der Waals surface area contributed by atoms with E-state index < -0.39 is 0 Å². The SMILES string of the molecule is C=CC(=O)N1CCN(C(CC(C)(C)C)c2ccc([C@H](C)Nc3ncc4[nH]c(=O)n(CC)c4n3)cc2)CC1. The number of hydrogen-bond donors (Lipinski definition) is 2. The van der Waals surface area contributed by atoms with E-state index in [0.717, 1.165) is 38.2 Å². The van der Waals surface area contributed by atoms with Crippen molar-refractivity contribution < 1.29 is 4.79 Å². The number of anilines is 1. The normalized spacial score (nSPS) is 16.5. The number of piperazine rings is 1. The Kier molecular flexibility index (Phi) is 7.82. The number of nitrogens with one attached hydrogen (secondary N) is 2. The molecule has 0 radical (unpaired) electrons. The number of nitrogens with zero attached hydrogens (tertiary/aromatic N) is 5. The molecule has 37 heavy (non-hydrogen) atoms. The Labute approximate surface area is 218 Å². The van der Waals surface area contributed by atoms with E-state index >= 15 is 0 Å². The summed E-state index contributed by atoms with van der Waals surface area (Å²) < 4.78 is 1.60. The van der Waals surface area contributed by atoms with Crippen molar-refractivity contribution in [2.45, 2.75) is 59.7 Å². The van der Waals surface area contributed by atoms with Crippen LogP contribution in [0.3, 0.4) is 0 Å². The summed E-state index contributed by atoms with van der Waals surface area (Å²) in [5.41, 5.74) is 3.64. The van der Waals surface area contributed by atoms with Gasteiger partial charge >= 0.3 is 5.69 Å². The van der Waals surface area contributed by atoms with Gasteiger partial charge in [-0.3, -0.25) is 14.3 Å². The average Bonchev–Trinajstić information content (AvgIpc) is 3.20. The van der Waals surface area contributed by atoms with Crippen LogP contribution < -0.4 is 11.0 Å². The maximum absolute atomic E-state index is 12.1. The van der Waals surface area contributed by atoms with E-state index in [-0.39, 0.29) is 29.1 Å². The summed E-state index contributed by atoms with van der Waals surface area (Å²) in [5, 5.41) is 3.37. The highest BCUT2D eigenvalue weighted by molar-refractivity contribution is 5.87. The predicted octanol–water partition coefficient (Wildman–Crippen LogP) is 4.12. The summed E-state index contributed by atoms with van der Waals surface area (Å²) in [6.07, 6.45) is 4.08. The molecule has 1 aliphatic heterocycles. The van der Waals surface area contributed by atoms with E-state index in [1.165, 1.54) is 11.6 Å². The van der Waals surface area contributed by atoms with Crippen LogP contribution in [-0.4, -0.2) is 61.4 Å². The van der Waals surface area contributed by atoms with Crippen LogP contribution in [0.25, 0.3) is 11.2 Å². The fraction of sp³-hybridized carbons (Fsp3) is 0.500. The van der Waals surface area contributed by atoms with E-state index in [0.29, 0.717) is 23.7 Å². The third-order valence-corrected chi connectivity index (χ3v) is 7.04. The van der Waals surface area contributed by atoms with E-state index in [2.05, 4.69) is 83.7 Å². The standard InChI is InChI=1S/C28H39N7O2/c1-7-24(36)34-15-13-33(14-16-34)23(17-28(4,5)6)21-11-9-20(10-12-21)19(3)30-26-29-18-22-25(32-26)35(8-2)27(37)31-22/h7,9-12,18-19,23H,1,8,13-17H2,2-6H3,(H,31,37)(H,29,30,32)/t19-,23?/m0/s1. The van der Waals surface area contributed by atoms with Gasteiger partial charge < -0.3 is 15.2 Å². The van der Waals surface area contributed by atoms with Crippen molar-refractivity contribution >= 4 is 23.0 Å². The number of fused-ring (bicyclic) bond motifs is 1. The maximum Gasteiger partial charge on any atom is 0.327 e. The second kappa shape index (κ2) is 10.9. The number of aromatic amines is 1. The lowest BCUT2D eigenvalue weighted by molar-refractivity contribution is -0.128. The molecule has 0 spiro atoms. The summed E-state index contributed by atoms with van der Waals surface area (Å²) in [4.78, 5) is 40.2. The highest BCUT2D eigenvalue weighted by Gasteiger charge is 2.29. The molecule has 9 heteroatoms. The maximum atomic E-state index is 12.1. The number of carbonyl (C=O) groups excluding carboxylic acids is 1. The lowest BCUT2D eigenvalue weighted by atomic mass is 9.84. The van der Waals surface area contributed by atoms with Crippen LogP contribution in [0.15, 0.2) is 47.9 Å². The molecule has 2 N–H and O–H groups in total. The Morgan fingerprint density at radius 1 is 1.16 bits per heavy atom. The zero-order chi connectivity index (χ0) is 26.7. The summed E-state index contributed by atoms with van der Waals surface area (Å²) in [6.45, 7) is 18.1. The summed E-state index contributed by atoms with van der Waals surface area (Å²) >= 11 is 0. The minimum absolute atomic E-state index is 0.00970.